The molecule has 1 unspecified atom stereocenters. The average molecular weight is 339 g/mol. The number of hydrogen-bond acceptors (Lipinski definition) is 2. The third-order valence-electron chi connectivity index (χ3n) is 3.63. The molecular weight excluding hydrogens is 316 g/mol. The van der Waals surface area contributed by atoms with Crippen molar-refractivity contribution in [3.63, 3.8) is 0 Å². The molecule has 0 aliphatic rings. The van der Waals surface area contributed by atoms with E-state index in [9.17, 15) is 0 Å². The predicted molar refractivity (Wildman–Crippen MR) is 85.9 cm³/mol. The number of halogens is 1. The maximum Gasteiger partial charge on any atom is 0.0739 e. The summed E-state index contributed by atoms with van der Waals surface area (Å²) in [6.45, 7) is 8.21. The quantitative estimate of drug-likeness (QED) is 0.875. The molecule has 1 N–H and O–H groups in total. The molecule has 2 heterocycles. The van der Waals surface area contributed by atoms with Crippen molar-refractivity contribution in [2.45, 2.75) is 39.8 Å². The van der Waals surface area contributed by atoms with Crippen molar-refractivity contribution in [2.75, 3.05) is 6.54 Å². The smallest absolute Gasteiger partial charge is 0.0739 e. The van der Waals surface area contributed by atoms with Crippen molar-refractivity contribution in [1.82, 2.24) is 19.7 Å². The molecule has 5 heteroatoms. The summed E-state index contributed by atoms with van der Waals surface area (Å²) in [5, 5.41) is 7.95. The molecule has 0 saturated carbocycles. The first-order valence-electron chi connectivity index (χ1n) is 7.13. The molecule has 0 saturated heterocycles. The molecule has 0 amide bonds. The Morgan fingerprint density at radius 2 is 2.15 bits per heavy atom. The zero-order valence-corrected chi connectivity index (χ0v) is 14.2. The van der Waals surface area contributed by atoms with Crippen LogP contribution in [0.5, 0.6) is 0 Å². The van der Waals surface area contributed by atoms with Gasteiger partial charge in [-0.05, 0) is 47.4 Å². The van der Waals surface area contributed by atoms with Crippen LogP contribution in [0.25, 0.3) is 0 Å². The lowest BCUT2D eigenvalue weighted by Gasteiger charge is -2.14. The van der Waals surface area contributed by atoms with Gasteiger partial charge in [-0.15, -0.1) is 0 Å². The van der Waals surface area contributed by atoms with Crippen LogP contribution in [0, 0.1) is 6.92 Å². The van der Waals surface area contributed by atoms with Crippen LogP contribution in [0.1, 0.15) is 43.3 Å². The summed E-state index contributed by atoms with van der Waals surface area (Å²) in [6.07, 6.45) is 5.47. The number of nitrogens with zero attached hydrogens (tertiary/aromatic N) is 3. The Balaban J connectivity index is 2.17. The molecule has 0 aliphatic carbocycles. The first-order chi connectivity index (χ1) is 9.56. The van der Waals surface area contributed by atoms with Crippen molar-refractivity contribution in [2.24, 2.45) is 7.05 Å². The van der Waals surface area contributed by atoms with Gasteiger partial charge >= 0.3 is 0 Å². The van der Waals surface area contributed by atoms with E-state index in [0.29, 0.717) is 6.04 Å². The lowest BCUT2D eigenvalue weighted by molar-refractivity contribution is 0.536. The van der Waals surface area contributed by atoms with E-state index in [1.807, 2.05) is 18.7 Å². The van der Waals surface area contributed by atoms with Crippen molar-refractivity contribution in [3.05, 3.63) is 39.9 Å². The normalized spacial score (nSPS) is 12.8. The third kappa shape index (κ3) is 3.15. The standard InChI is InChI=1S/C15H23BrN4/c1-5-13(17-6-2)12-7-8-20(9-12)10-14-15(16)11(3)18-19(14)4/h7-9,13,17H,5-6,10H2,1-4H3. The lowest BCUT2D eigenvalue weighted by Crippen LogP contribution is -2.19. The fourth-order valence-electron chi connectivity index (χ4n) is 2.53. The number of aryl methyl sites for hydroxylation is 2. The zero-order chi connectivity index (χ0) is 14.7. The fraction of sp³-hybridized carbons (Fsp3) is 0.533. The van der Waals surface area contributed by atoms with E-state index in [1.165, 1.54) is 11.3 Å². The van der Waals surface area contributed by atoms with Gasteiger partial charge in [-0.1, -0.05) is 13.8 Å². The van der Waals surface area contributed by atoms with Crippen LogP contribution < -0.4 is 5.32 Å². The summed E-state index contributed by atoms with van der Waals surface area (Å²) in [4.78, 5) is 0. The molecule has 2 aromatic heterocycles. The van der Waals surface area contributed by atoms with Crippen LogP contribution in [0.2, 0.25) is 0 Å². The summed E-state index contributed by atoms with van der Waals surface area (Å²) >= 11 is 3.62. The molecule has 0 aromatic carbocycles. The molecule has 0 radical (unpaired) electrons. The monoisotopic (exact) mass is 338 g/mol. The van der Waals surface area contributed by atoms with Crippen LogP contribution >= 0.6 is 15.9 Å². The van der Waals surface area contributed by atoms with Gasteiger partial charge in [0.05, 0.1) is 22.4 Å². The van der Waals surface area contributed by atoms with Gasteiger partial charge in [0.25, 0.3) is 0 Å². The first kappa shape index (κ1) is 15.3. The highest BCUT2D eigenvalue weighted by Gasteiger charge is 2.13. The Hall–Kier alpha value is -1.07. The van der Waals surface area contributed by atoms with Crippen LogP contribution in [-0.2, 0) is 13.6 Å². The highest BCUT2D eigenvalue weighted by atomic mass is 79.9. The van der Waals surface area contributed by atoms with Gasteiger partial charge in [-0.2, -0.15) is 5.10 Å². The Morgan fingerprint density at radius 1 is 1.40 bits per heavy atom. The van der Waals surface area contributed by atoms with E-state index in [0.717, 1.165) is 29.7 Å². The molecule has 1 atom stereocenters. The van der Waals surface area contributed by atoms with Gasteiger partial charge in [-0.3, -0.25) is 4.68 Å². The van der Waals surface area contributed by atoms with Crippen molar-refractivity contribution in [3.8, 4) is 0 Å². The topological polar surface area (TPSA) is 34.8 Å². The minimum atomic E-state index is 0.443. The Labute approximate surface area is 129 Å². The van der Waals surface area contributed by atoms with E-state index >= 15 is 0 Å². The van der Waals surface area contributed by atoms with Crippen molar-refractivity contribution in [1.29, 1.82) is 0 Å². The second-order valence-corrected chi connectivity index (χ2v) is 5.90. The van der Waals surface area contributed by atoms with E-state index in [1.54, 1.807) is 0 Å². The summed E-state index contributed by atoms with van der Waals surface area (Å²) in [5.74, 6) is 0. The molecule has 0 aliphatic heterocycles. The number of nitrogens with one attached hydrogen (secondary N) is 1. The van der Waals surface area contributed by atoms with Crippen molar-refractivity contribution < 1.29 is 0 Å². The highest BCUT2D eigenvalue weighted by Crippen LogP contribution is 2.22. The zero-order valence-electron chi connectivity index (χ0n) is 12.7. The van der Waals surface area contributed by atoms with Gasteiger partial charge in [0, 0.05) is 25.5 Å². The summed E-state index contributed by atoms with van der Waals surface area (Å²) in [6, 6.07) is 2.64. The predicted octanol–water partition coefficient (Wildman–Crippen LogP) is 3.40. The second-order valence-electron chi connectivity index (χ2n) is 5.11. The lowest BCUT2D eigenvalue weighted by atomic mass is 10.1. The fourth-order valence-corrected chi connectivity index (χ4v) is 2.99. The third-order valence-corrected chi connectivity index (χ3v) is 4.66. The number of hydrogen-bond donors (Lipinski definition) is 1. The largest absolute Gasteiger partial charge is 0.348 e. The molecule has 4 nitrogen and oxygen atoms in total. The van der Waals surface area contributed by atoms with Crippen LogP contribution in [0.15, 0.2) is 22.9 Å². The molecule has 2 aromatic rings. The molecule has 0 spiro atoms. The minimum Gasteiger partial charge on any atom is -0.348 e. The second kappa shape index (κ2) is 6.59. The Morgan fingerprint density at radius 3 is 2.70 bits per heavy atom. The number of aromatic nitrogens is 3. The molecule has 20 heavy (non-hydrogen) atoms. The van der Waals surface area contributed by atoms with Gasteiger partial charge in [-0.25, -0.2) is 0 Å². The van der Waals surface area contributed by atoms with E-state index in [2.05, 4.69) is 63.2 Å². The van der Waals surface area contributed by atoms with Crippen LogP contribution in [0.3, 0.4) is 0 Å². The SMILES string of the molecule is CCNC(CC)c1ccn(Cc2c(Br)c(C)nn2C)c1. The summed E-state index contributed by atoms with van der Waals surface area (Å²) < 4.78 is 5.27. The number of rotatable bonds is 6. The molecule has 2 rings (SSSR count). The maximum atomic E-state index is 4.44. The van der Waals surface area contributed by atoms with E-state index < -0.39 is 0 Å². The van der Waals surface area contributed by atoms with Crippen molar-refractivity contribution >= 4 is 15.9 Å². The maximum absolute atomic E-state index is 4.44. The summed E-state index contributed by atoms with van der Waals surface area (Å²) in [7, 11) is 1.99. The molecule has 0 bridgehead atoms. The van der Waals surface area contributed by atoms with Crippen LogP contribution in [-0.4, -0.2) is 20.9 Å². The van der Waals surface area contributed by atoms with Gasteiger partial charge in [0.15, 0.2) is 0 Å². The molecular formula is C15H23BrN4. The summed E-state index contributed by atoms with van der Waals surface area (Å²) in [5.41, 5.74) is 3.58. The van der Waals surface area contributed by atoms with E-state index in [-0.39, 0.29) is 0 Å². The minimum absolute atomic E-state index is 0.443. The molecule has 110 valence electrons. The van der Waals surface area contributed by atoms with Gasteiger partial charge in [0.2, 0.25) is 0 Å². The molecule has 0 fully saturated rings. The van der Waals surface area contributed by atoms with E-state index in [4.69, 9.17) is 0 Å². The Kier molecular flexibility index (Phi) is 5.05. The van der Waals surface area contributed by atoms with Gasteiger partial charge < -0.3 is 9.88 Å². The average Bonchev–Trinajstić information content (AvgIpc) is 2.97. The van der Waals surface area contributed by atoms with Crippen LogP contribution in [0.4, 0.5) is 0 Å². The highest BCUT2D eigenvalue weighted by molar-refractivity contribution is 9.10. The first-order valence-corrected chi connectivity index (χ1v) is 7.93. The van der Waals surface area contributed by atoms with Gasteiger partial charge in [0.1, 0.15) is 0 Å². The Bertz CT molecular complexity index is 570.